The van der Waals surface area contributed by atoms with E-state index in [0.29, 0.717) is 0 Å². The summed E-state index contributed by atoms with van der Waals surface area (Å²) in [5.41, 5.74) is 15.0. The predicted molar refractivity (Wildman–Crippen MR) is 182 cm³/mol. The quantitative estimate of drug-likeness (QED) is 0.209. The number of pyridine rings is 1. The number of hydrogen-bond donors (Lipinski definition) is 0. The topological polar surface area (TPSA) is 17.8 Å². The fraction of sp³-hybridized carbons (Fsp3) is 0.0238. The molecule has 0 bridgehead atoms. The Hall–Kier alpha value is -5.73. The number of para-hydroxylation sites is 2. The highest BCUT2D eigenvalue weighted by atomic mass is 15.0. The minimum absolute atomic E-state index is 0.165. The maximum Gasteiger partial charge on any atom is 0.0650 e. The highest BCUT2D eigenvalue weighted by Crippen LogP contribution is 2.52. The standard InChI is InChI=1S/C42H28N2/c1-3-12-28(13-4-1)29-22-24-30(25-23-29)40-33-17-7-8-18-34(33)41-35(19-11-20-36(40)41)38-27-43-26-37-32-16-9-10-21-39(32)44(42(37)38)31-14-5-2-6-15-31/h1-27,40H/t40-/m1/s1. The average molecular weight is 561 g/mol. The molecule has 0 spiro atoms. The van der Waals surface area contributed by atoms with Gasteiger partial charge in [0, 0.05) is 40.3 Å². The molecule has 1 atom stereocenters. The third-order valence-electron chi connectivity index (χ3n) is 9.18. The molecule has 0 N–H and O–H groups in total. The fourth-order valence-corrected chi connectivity index (χ4v) is 7.29. The van der Waals surface area contributed by atoms with Gasteiger partial charge in [-0.3, -0.25) is 4.98 Å². The summed E-state index contributed by atoms with van der Waals surface area (Å²) in [7, 11) is 0. The van der Waals surface area contributed by atoms with Crippen molar-refractivity contribution in [2.24, 2.45) is 0 Å². The van der Waals surface area contributed by atoms with Gasteiger partial charge >= 0.3 is 0 Å². The molecule has 1 aliphatic carbocycles. The zero-order valence-electron chi connectivity index (χ0n) is 24.1. The molecule has 2 heteroatoms. The second-order valence-corrected chi connectivity index (χ2v) is 11.5. The van der Waals surface area contributed by atoms with Crippen LogP contribution < -0.4 is 0 Å². The summed E-state index contributed by atoms with van der Waals surface area (Å²) < 4.78 is 2.40. The Balaban J connectivity index is 1.29. The largest absolute Gasteiger partial charge is 0.309 e. The van der Waals surface area contributed by atoms with Crippen LogP contribution in [0, 0.1) is 0 Å². The zero-order valence-corrected chi connectivity index (χ0v) is 24.1. The van der Waals surface area contributed by atoms with Gasteiger partial charge in [-0.25, -0.2) is 0 Å². The molecular weight excluding hydrogens is 532 g/mol. The minimum atomic E-state index is 0.165. The van der Waals surface area contributed by atoms with Gasteiger partial charge in [-0.1, -0.05) is 133 Å². The summed E-state index contributed by atoms with van der Waals surface area (Å²) >= 11 is 0. The van der Waals surface area contributed by atoms with Gasteiger partial charge in [0.15, 0.2) is 0 Å². The van der Waals surface area contributed by atoms with Crippen LogP contribution in [-0.2, 0) is 0 Å². The van der Waals surface area contributed by atoms with E-state index in [1.54, 1.807) is 0 Å². The Morgan fingerprint density at radius 2 is 1.11 bits per heavy atom. The predicted octanol–water partition coefficient (Wildman–Crippen LogP) is 10.7. The van der Waals surface area contributed by atoms with Crippen LogP contribution in [0.2, 0.25) is 0 Å². The Kier molecular flexibility index (Phi) is 5.60. The third kappa shape index (κ3) is 3.71. The first-order valence-electron chi connectivity index (χ1n) is 15.2. The van der Waals surface area contributed by atoms with Gasteiger partial charge in [0.2, 0.25) is 0 Å². The molecule has 0 saturated heterocycles. The summed E-state index contributed by atoms with van der Waals surface area (Å²) in [6.45, 7) is 0. The van der Waals surface area contributed by atoms with Crippen LogP contribution in [0.5, 0.6) is 0 Å². The van der Waals surface area contributed by atoms with Crippen LogP contribution in [0.25, 0.3) is 60.9 Å². The van der Waals surface area contributed by atoms with Crippen molar-refractivity contribution in [3.8, 4) is 39.1 Å². The lowest BCUT2D eigenvalue weighted by Crippen LogP contribution is -1.99. The van der Waals surface area contributed by atoms with Crippen LogP contribution >= 0.6 is 0 Å². The Morgan fingerprint density at radius 1 is 0.455 bits per heavy atom. The van der Waals surface area contributed by atoms with Crippen LogP contribution in [-0.4, -0.2) is 9.55 Å². The van der Waals surface area contributed by atoms with E-state index in [1.165, 1.54) is 66.3 Å². The first kappa shape index (κ1) is 24.8. The van der Waals surface area contributed by atoms with Crippen molar-refractivity contribution in [3.63, 3.8) is 0 Å². The van der Waals surface area contributed by atoms with E-state index < -0.39 is 0 Å². The molecule has 6 aromatic carbocycles. The second kappa shape index (κ2) is 9.93. The molecule has 8 aromatic rings. The lowest BCUT2D eigenvalue weighted by atomic mass is 9.87. The number of aromatic nitrogens is 2. The summed E-state index contributed by atoms with van der Waals surface area (Å²) in [6.07, 6.45) is 4.08. The van der Waals surface area contributed by atoms with Gasteiger partial charge in [-0.15, -0.1) is 0 Å². The van der Waals surface area contributed by atoms with Gasteiger partial charge in [-0.05, 0) is 62.7 Å². The molecule has 2 nitrogen and oxygen atoms in total. The number of fused-ring (bicyclic) bond motifs is 6. The van der Waals surface area contributed by atoms with Gasteiger partial charge in [0.05, 0.1) is 11.0 Å². The van der Waals surface area contributed by atoms with E-state index in [-0.39, 0.29) is 5.92 Å². The van der Waals surface area contributed by atoms with E-state index in [4.69, 9.17) is 4.98 Å². The van der Waals surface area contributed by atoms with Crippen LogP contribution in [0.15, 0.2) is 164 Å². The number of hydrogen-bond acceptors (Lipinski definition) is 1. The van der Waals surface area contributed by atoms with Gasteiger partial charge in [0.1, 0.15) is 0 Å². The van der Waals surface area contributed by atoms with Crippen LogP contribution in [0.4, 0.5) is 0 Å². The minimum Gasteiger partial charge on any atom is -0.309 e. The summed E-state index contributed by atoms with van der Waals surface area (Å²) in [5, 5.41) is 2.38. The molecule has 0 amide bonds. The Morgan fingerprint density at radius 3 is 1.95 bits per heavy atom. The van der Waals surface area contributed by atoms with Crippen molar-refractivity contribution in [3.05, 3.63) is 181 Å². The highest BCUT2D eigenvalue weighted by Gasteiger charge is 2.32. The molecule has 0 aliphatic heterocycles. The van der Waals surface area contributed by atoms with Crippen molar-refractivity contribution in [1.82, 2.24) is 9.55 Å². The molecule has 0 saturated carbocycles. The Labute approximate surface area is 256 Å². The Bertz CT molecular complexity index is 2310. The van der Waals surface area contributed by atoms with E-state index in [1.807, 2.05) is 6.20 Å². The second-order valence-electron chi connectivity index (χ2n) is 11.5. The smallest absolute Gasteiger partial charge is 0.0650 e. The first-order chi connectivity index (χ1) is 21.9. The molecule has 0 unspecified atom stereocenters. The molecule has 2 aromatic heterocycles. The molecule has 9 rings (SSSR count). The van der Waals surface area contributed by atoms with Crippen molar-refractivity contribution >= 4 is 21.8 Å². The van der Waals surface area contributed by atoms with Crippen LogP contribution in [0.3, 0.4) is 0 Å². The van der Waals surface area contributed by atoms with Crippen molar-refractivity contribution < 1.29 is 0 Å². The van der Waals surface area contributed by atoms with Gasteiger partial charge < -0.3 is 4.57 Å². The molecule has 0 fully saturated rings. The van der Waals surface area contributed by atoms with Gasteiger partial charge in [-0.2, -0.15) is 0 Å². The SMILES string of the molecule is c1ccc(-c2ccc([C@@H]3c4ccccc4-c4c(-c5cncc6c7ccccc7n(-c7ccccc7)c56)cccc43)cc2)cc1. The summed E-state index contributed by atoms with van der Waals surface area (Å²) in [6, 6.07) is 54.8. The number of rotatable bonds is 4. The van der Waals surface area contributed by atoms with Crippen LogP contribution in [0.1, 0.15) is 22.6 Å². The number of nitrogens with zero attached hydrogens (tertiary/aromatic N) is 2. The highest BCUT2D eigenvalue weighted by molar-refractivity contribution is 6.14. The first-order valence-corrected chi connectivity index (χ1v) is 15.2. The summed E-state index contributed by atoms with van der Waals surface area (Å²) in [4.78, 5) is 4.83. The van der Waals surface area contributed by atoms with Crippen molar-refractivity contribution in [2.75, 3.05) is 0 Å². The lowest BCUT2D eigenvalue weighted by molar-refractivity contribution is 1.02. The molecule has 1 aliphatic rings. The van der Waals surface area contributed by atoms with Crippen molar-refractivity contribution in [1.29, 1.82) is 0 Å². The molecule has 206 valence electrons. The zero-order chi connectivity index (χ0) is 29.0. The van der Waals surface area contributed by atoms with E-state index >= 15 is 0 Å². The molecule has 44 heavy (non-hydrogen) atoms. The van der Waals surface area contributed by atoms with E-state index in [0.717, 1.165) is 11.3 Å². The van der Waals surface area contributed by atoms with Crippen molar-refractivity contribution in [2.45, 2.75) is 5.92 Å². The monoisotopic (exact) mass is 560 g/mol. The maximum absolute atomic E-state index is 4.83. The van der Waals surface area contributed by atoms with E-state index in [2.05, 4.69) is 162 Å². The fourth-order valence-electron chi connectivity index (χ4n) is 7.29. The average Bonchev–Trinajstić information content (AvgIpc) is 3.62. The number of benzene rings is 6. The molecule has 2 heterocycles. The lowest BCUT2D eigenvalue weighted by Gasteiger charge is -2.17. The molecule has 0 radical (unpaired) electrons. The third-order valence-corrected chi connectivity index (χ3v) is 9.18. The van der Waals surface area contributed by atoms with E-state index in [9.17, 15) is 0 Å². The van der Waals surface area contributed by atoms with Gasteiger partial charge in [0.25, 0.3) is 0 Å². The normalized spacial score (nSPS) is 13.7. The molecular formula is C42H28N2. The summed E-state index contributed by atoms with van der Waals surface area (Å²) in [5.74, 6) is 0.165. The maximum atomic E-state index is 4.83.